The van der Waals surface area contributed by atoms with Gasteiger partial charge in [-0.15, -0.1) is 0 Å². The SMILES string of the molecule is COC(=O)c1ccc(NC(=O)C[C@@H](C)S(=O)(=O)c2cc3c(cc2C)NC(=O)CO3)cc1. The van der Waals surface area contributed by atoms with Gasteiger partial charge in [0.05, 0.1) is 28.5 Å². The molecular formula is C21H22N2O7S. The van der Waals surface area contributed by atoms with E-state index in [9.17, 15) is 22.8 Å². The molecule has 2 aromatic rings. The molecule has 2 N–H and O–H groups in total. The molecule has 0 radical (unpaired) electrons. The van der Waals surface area contributed by atoms with Crippen LogP contribution in [-0.2, 0) is 24.2 Å². The molecule has 0 fully saturated rings. The van der Waals surface area contributed by atoms with Gasteiger partial charge in [-0.05, 0) is 49.7 Å². The number of sulfone groups is 1. The Morgan fingerprint density at radius 3 is 2.55 bits per heavy atom. The van der Waals surface area contributed by atoms with Crippen molar-refractivity contribution in [1.29, 1.82) is 0 Å². The van der Waals surface area contributed by atoms with Crippen molar-refractivity contribution >= 4 is 39.0 Å². The quantitative estimate of drug-likeness (QED) is 0.652. The zero-order valence-corrected chi connectivity index (χ0v) is 18.0. The molecule has 1 heterocycles. The molecule has 3 rings (SSSR count). The third kappa shape index (κ3) is 4.85. The highest BCUT2D eigenvalue weighted by atomic mass is 32.2. The van der Waals surface area contributed by atoms with E-state index in [1.54, 1.807) is 6.92 Å². The zero-order valence-electron chi connectivity index (χ0n) is 17.2. The Kier molecular flexibility index (Phi) is 6.30. The van der Waals surface area contributed by atoms with Gasteiger partial charge < -0.3 is 20.1 Å². The van der Waals surface area contributed by atoms with Crippen LogP contribution in [0, 0.1) is 6.92 Å². The van der Waals surface area contributed by atoms with E-state index in [0.29, 0.717) is 22.5 Å². The molecule has 9 nitrogen and oxygen atoms in total. The Balaban J connectivity index is 1.72. The lowest BCUT2D eigenvalue weighted by Gasteiger charge is -2.21. The van der Waals surface area contributed by atoms with Gasteiger partial charge in [-0.3, -0.25) is 9.59 Å². The normalized spacial score (nSPS) is 14.0. The first-order chi connectivity index (χ1) is 14.6. The van der Waals surface area contributed by atoms with Gasteiger partial charge in [-0.25, -0.2) is 13.2 Å². The fraction of sp³-hybridized carbons (Fsp3) is 0.286. The van der Waals surface area contributed by atoms with Crippen molar-refractivity contribution < 1.29 is 32.3 Å². The maximum absolute atomic E-state index is 13.1. The second kappa shape index (κ2) is 8.76. The maximum Gasteiger partial charge on any atom is 0.337 e. The highest BCUT2D eigenvalue weighted by Gasteiger charge is 2.29. The Hall–Kier alpha value is -3.40. The first-order valence-corrected chi connectivity index (χ1v) is 11.0. The van der Waals surface area contributed by atoms with Crippen LogP contribution in [0.15, 0.2) is 41.3 Å². The summed E-state index contributed by atoms with van der Waals surface area (Å²) >= 11 is 0. The van der Waals surface area contributed by atoms with Crippen LogP contribution in [0.2, 0.25) is 0 Å². The van der Waals surface area contributed by atoms with Crippen molar-refractivity contribution in [2.45, 2.75) is 30.4 Å². The number of aryl methyl sites for hydroxylation is 1. The number of benzene rings is 2. The van der Waals surface area contributed by atoms with Crippen LogP contribution in [0.25, 0.3) is 0 Å². The molecule has 0 spiro atoms. The van der Waals surface area contributed by atoms with Crippen LogP contribution in [0.1, 0.15) is 29.3 Å². The summed E-state index contributed by atoms with van der Waals surface area (Å²) in [6.45, 7) is 2.88. The summed E-state index contributed by atoms with van der Waals surface area (Å²) in [6.07, 6.45) is -0.269. The minimum atomic E-state index is -3.84. The second-order valence-corrected chi connectivity index (χ2v) is 9.46. The highest BCUT2D eigenvalue weighted by molar-refractivity contribution is 7.92. The molecular weight excluding hydrogens is 424 g/mol. The van der Waals surface area contributed by atoms with E-state index in [0.717, 1.165) is 0 Å². The van der Waals surface area contributed by atoms with E-state index in [1.165, 1.54) is 50.4 Å². The third-order valence-electron chi connectivity index (χ3n) is 4.81. The largest absolute Gasteiger partial charge is 0.482 e. The fourth-order valence-corrected chi connectivity index (χ4v) is 4.71. The van der Waals surface area contributed by atoms with Crippen LogP contribution in [0.3, 0.4) is 0 Å². The van der Waals surface area contributed by atoms with Gasteiger partial charge in [0.25, 0.3) is 5.91 Å². The van der Waals surface area contributed by atoms with Crippen molar-refractivity contribution in [1.82, 2.24) is 0 Å². The van der Waals surface area contributed by atoms with E-state index in [4.69, 9.17) is 4.74 Å². The van der Waals surface area contributed by atoms with E-state index in [1.807, 2.05) is 0 Å². The number of anilines is 2. The van der Waals surface area contributed by atoms with Crippen molar-refractivity contribution in [3.63, 3.8) is 0 Å². The summed E-state index contributed by atoms with van der Waals surface area (Å²) in [6, 6.07) is 8.97. The fourth-order valence-electron chi connectivity index (χ4n) is 3.13. The predicted octanol–water partition coefficient (Wildman–Crippen LogP) is 2.30. The minimum Gasteiger partial charge on any atom is -0.482 e. The molecule has 31 heavy (non-hydrogen) atoms. The number of carbonyl (C=O) groups is 3. The number of hydrogen-bond donors (Lipinski definition) is 2. The number of nitrogens with one attached hydrogen (secondary N) is 2. The van der Waals surface area contributed by atoms with E-state index >= 15 is 0 Å². The number of amides is 2. The van der Waals surface area contributed by atoms with Gasteiger partial charge in [0.15, 0.2) is 16.4 Å². The highest BCUT2D eigenvalue weighted by Crippen LogP contribution is 2.34. The van der Waals surface area contributed by atoms with Gasteiger partial charge >= 0.3 is 5.97 Å². The lowest BCUT2D eigenvalue weighted by Crippen LogP contribution is -2.27. The van der Waals surface area contributed by atoms with Crippen LogP contribution >= 0.6 is 0 Å². The van der Waals surface area contributed by atoms with Crippen LogP contribution < -0.4 is 15.4 Å². The lowest BCUT2D eigenvalue weighted by atomic mass is 10.2. The minimum absolute atomic E-state index is 0.0464. The molecule has 2 amide bonds. The first-order valence-electron chi connectivity index (χ1n) is 9.41. The number of ether oxygens (including phenoxy) is 2. The smallest absolute Gasteiger partial charge is 0.337 e. The summed E-state index contributed by atoms with van der Waals surface area (Å²) in [5.74, 6) is -1.03. The van der Waals surface area contributed by atoms with Crippen molar-refractivity contribution in [2.75, 3.05) is 24.4 Å². The topological polar surface area (TPSA) is 128 Å². The molecule has 1 aliphatic heterocycles. The molecule has 0 saturated heterocycles. The monoisotopic (exact) mass is 446 g/mol. The van der Waals surface area contributed by atoms with E-state index in [-0.39, 0.29) is 29.6 Å². The summed E-state index contributed by atoms with van der Waals surface area (Å²) in [7, 11) is -2.57. The molecule has 0 aliphatic carbocycles. The molecule has 0 aromatic heterocycles. The molecule has 0 bridgehead atoms. The molecule has 1 atom stereocenters. The van der Waals surface area contributed by atoms with E-state index in [2.05, 4.69) is 15.4 Å². The average Bonchev–Trinajstić information content (AvgIpc) is 2.72. The van der Waals surface area contributed by atoms with Crippen molar-refractivity contribution in [3.8, 4) is 5.75 Å². The zero-order chi connectivity index (χ0) is 22.8. The molecule has 0 saturated carbocycles. The van der Waals surface area contributed by atoms with Gasteiger partial charge in [-0.1, -0.05) is 0 Å². The van der Waals surface area contributed by atoms with Gasteiger partial charge in [0.2, 0.25) is 5.91 Å². The summed E-state index contributed by atoms with van der Waals surface area (Å²) in [4.78, 5) is 35.3. The number of carbonyl (C=O) groups excluding carboxylic acids is 3. The van der Waals surface area contributed by atoms with Gasteiger partial charge in [0.1, 0.15) is 5.75 Å². The average molecular weight is 446 g/mol. The van der Waals surface area contributed by atoms with Gasteiger partial charge in [-0.2, -0.15) is 0 Å². The Labute approximate surface area is 179 Å². The standard InChI is InChI=1S/C21H22N2O7S/c1-12-8-16-17(30-11-20(25)23-16)10-18(12)31(27,28)13(2)9-19(24)22-15-6-4-14(5-7-15)21(26)29-3/h4-8,10,13H,9,11H2,1-3H3,(H,22,24)(H,23,25)/t13-/m1/s1. The second-order valence-electron chi connectivity index (χ2n) is 7.13. The molecule has 0 unspecified atom stereocenters. The number of rotatable bonds is 6. The number of hydrogen-bond acceptors (Lipinski definition) is 7. The Bertz CT molecular complexity index is 1140. The van der Waals surface area contributed by atoms with Crippen LogP contribution in [-0.4, -0.2) is 45.2 Å². The number of esters is 1. The van der Waals surface area contributed by atoms with Crippen molar-refractivity contribution in [3.05, 3.63) is 47.5 Å². The maximum atomic E-state index is 13.1. The molecule has 1 aliphatic rings. The van der Waals surface area contributed by atoms with Crippen LogP contribution in [0.5, 0.6) is 5.75 Å². The lowest BCUT2D eigenvalue weighted by molar-refractivity contribution is -0.118. The number of methoxy groups -OCH3 is 1. The molecule has 10 heteroatoms. The van der Waals surface area contributed by atoms with Gasteiger partial charge in [0, 0.05) is 18.2 Å². The number of fused-ring (bicyclic) bond motifs is 1. The summed E-state index contributed by atoms with van der Waals surface area (Å²) in [5, 5.41) is 4.25. The van der Waals surface area contributed by atoms with Crippen molar-refractivity contribution in [2.24, 2.45) is 0 Å². The Morgan fingerprint density at radius 1 is 1.23 bits per heavy atom. The summed E-state index contributed by atoms with van der Waals surface area (Å²) in [5.41, 5.74) is 1.61. The third-order valence-corrected chi connectivity index (χ3v) is 7.09. The molecule has 164 valence electrons. The molecule has 2 aromatic carbocycles. The predicted molar refractivity (Wildman–Crippen MR) is 113 cm³/mol. The Morgan fingerprint density at radius 2 is 1.90 bits per heavy atom. The first kappa shape index (κ1) is 22.3. The van der Waals surface area contributed by atoms with Crippen LogP contribution in [0.4, 0.5) is 11.4 Å². The van der Waals surface area contributed by atoms with E-state index < -0.39 is 27.0 Å². The summed E-state index contributed by atoms with van der Waals surface area (Å²) < 4.78 is 36.1.